The highest BCUT2D eigenvalue weighted by Crippen LogP contribution is 2.51. The van der Waals surface area contributed by atoms with Crippen LogP contribution in [0.25, 0.3) is 6.08 Å². The zero-order valence-corrected chi connectivity index (χ0v) is 26.8. The van der Waals surface area contributed by atoms with Gasteiger partial charge in [0, 0.05) is 6.04 Å². The number of allylic oxidation sites excluding steroid dienone is 1. The van der Waals surface area contributed by atoms with Crippen molar-refractivity contribution < 1.29 is 29.1 Å². The van der Waals surface area contributed by atoms with Crippen LogP contribution in [0.4, 0.5) is 0 Å². The highest BCUT2D eigenvalue weighted by Gasteiger charge is 2.58. The first-order valence-electron chi connectivity index (χ1n) is 16.8. The normalized spacial score (nSPS) is 25.9. The van der Waals surface area contributed by atoms with Crippen LogP contribution in [0.15, 0.2) is 59.2 Å². The number of fused-ring (bicyclic) bond motifs is 3. The van der Waals surface area contributed by atoms with Gasteiger partial charge in [0.05, 0.1) is 17.9 Å². The number of phenols is 1. The van der Waals surface area contributed by atoms with E-state index in [0.717, 1.165) is 78.5 Å². The molecule has 2 saturated heterocycles. The van der Waals surface area contributed by atoms with E-state index in [9.17, 15) is 19.7 Å². The van der Waals surface area contributed by atoms with E-state index in [-0.39, 0.29) is 29.9 Å². The number of benzene rings is 2. The van der Waals surface area contributed by atoms with Gasteiger partial charge in [-0.15, -0.1) is 0 Å². The first kappa shape index (κ1) is 31.6. The quantitative estimate of drug-likeness (QED) is 0.184. The van der Waals surface area contributed by atoms with Crippen LogP contribution < -0.4 is 4.74 Å². The third-order valence-electron chi connectivity index (χ3n) is 10.5. The molecule has 2 aromatic carbocycles. The average molecular weight is 612 g/mol. The van der Waals surface area contributed by atoms with Crippen molar-refractivity contribution in [2.24, 2.45) is 17.8 Å². The summed E-state index contributed by atoms with van der Waals surface area (Å²) in [6.07, 6.45) is 9.87. The number of ether oxygens (including phenoxy) is 1. The van der Waals surface area contributed by atoms with E-state index in [1.165, 1.54) is 5.57 Å². The van der Waals surface area contributed by atoms with Crippen LogP contribution in [0.2, 0.25) is 6.32 Å². The van der Waals surface area contributed by atoms with Crippen LogP contribution in [0.5, 0.6) is 11.5 Å². The highest BCUT2D eigenvalue weighted by molar-refractivity contribution is 6.43. The number of imide groups is 1. The largest absolute Gasteiger partial charge is 0.507 e. The Morgan fingerprint density at radius 1 is 1.04 bits per heavy atom. The molecule has 0 radical (unpaired) electrons. The number of carbonyl (C=O) groups excluding carboxylic acids is 2. The van der Waals surface area contributed by atoms with E-state index in [1.807, 2.05) is 56.3 Å². The maximum absolute atomic E-state index is 14.1. The number of likely N-dealkylation sites (tertiary alicyclic amines) is 1. The Balaban J connectivity index is 1.30. The van der Waals surface area contributed by atoms with Crippen LogP contribution in [0.1, 0.15) is 81.4 Å². The van der Waals surface area contributed by atoms with E-state index in [4.69, 9.17) is 9.39 Å². The number of aromatic hydroxyl groups is 1. The number of para-hydroxylation sites is 1. The second-order valence-corrected chi connectivity index (χ2v) is 13.5. The molecule has 8 heteroatoms. The molecule has 0 spiro atoms. The summed E-state index contributed by atoms with van der Waals surface area (Å²) >= 11 is 0. The SMILES string of the molecule is CC/C(=C\c1cc(C)c(O)c(C)c1)CC[C@H]1OB(O)C[C@H]2C1=C(COc1ccccc1)C[C@H]1C(=O)N(C3CCCCC3)C(=O)[C@H]12. The summed E-state index contributed by atoms with van der Waals surface area (Å²) in [5.74, 6) is -0.139. The van der Waals surface area contributed by atoms with Gasteiger partial charge in [-0.3, -0.25) is 14.5 Å². The number of aryl methyl sites for hydroxylation is 2. The Hall–Kier alpha value is -3.36. The van der Waals surface area contributed by atoms with Crippen molar-refractivity contribution in [3.05, 3.63) is 75.9 Å². The second-order valence-electron chi connectivity index (χ2n) is 13.5. The fourth-order valence-electron chi connectivity index (χ4n) is 8.28. The zero-order valence-electron chi connectivity index (χ0n) is 26.8. The average Bonchev–Trinajstić information content (AvgIpc) is 3.30. The fraction of sp³-hybridized carbons (Fsp3) is 0.514. The first-order chi connectivity index (χ1) is 21.7. The fourth-order valence-corrected chi connectivity index (χ4v) is 8.28. The molecule has 0 bridgehead atoms. The van der Waals surface area contributed by atoms with Crippen LogP contribution in [-0.2, 0) is 14.2 Å². The molecule has 4 atom stereocenters. The smallest absolute Gasteiger partial charge is 0.455 e. The molecule has 2 aliphatic heterocycles. The lowest BCUT2D eigenvalue weighted by molar-refractivity contribution is -0.143. The molecule has 7 nitrogen and oxygen atoms in total. The van der Waals surface area contributed by atoms with Gasteiger partial charge in [-0.05, 0) is 117 Å². The summed E-state index contributed by atoms with van der Waals surface area (Å²) in [7, 11) is -0.998. The van der Waals surface area contributed by atoms with E-state index >= 15 is 0 Å². The van der Waals surface area contributed by atoms with Gasteiger partial charge in [-0.25, -0.2) is 0 Å². The third kappa shape index (κ3) is 6.50. The predicted octanol–water partition coefficient (Wildman–Crippen LogP) is 6.79. The first-order valence-corrected chi connectivity index (χ1v) is 16.8. The highest BCUT2D eigenvalue weighted by atomic mass is 16.5. The Kier molecular flexibility index (Phi) is 9.53. The molecule has 238 valence electrons. The van der Waals surface area contributed by atoms with Gasteiger partial charge >= 0.3 is 7.12 Å². The van der Waals surface area contributed by atoms with Gasteiger partial charge in [-0.1, -0.05) is 56.0 Å². The number of hydrogen-bond donors (Lipinski definition) is 2. The Labute approximate surface area is 267 Å². The van der Waals surface area contributed by atoms with Crippen molar-refractivity contribution in [3.63, 3.8) is 0 Å². The summed E-state index contributed by atoms with van der Waals surface area (Å²) in [5.41, 5.74) is 6.07. The maximum atomic E-state index is 14.1. The van der Waals surface area contributed by atoms with E-state index in [2.05, 4.69) is 13.0 Å². The summed E-state index contributed by atoms with van der Waals surface area (Å²) in [6.45, 7) is 6.28. The Morgan fingerprint density at radius 3 is 2.44 bits per heavy atom. The zero-order chi connectivity index (χ0) is 31.7. The lowest BCUT2D eigenvalue weighted by Gasteiger charge is -2.43. The molecular weight excluding hydrogens is 565 g/mol. The van der Waals surface area contributed by atoms with Gasteiger partial charge in [-0.2, -0.15) is 0 Å². The summed E-state index contributed by atoms with van der Waals surface area (Å²) < 4.78 is 12.5. The molecule has 2 amide bonds. The van der Waals surface area contributed by atoms with Gasteiger partial charge < -0.3 is 19.5 Å². The van der Waals surface area contributed by atoms with E-state index < -0.39 is 19.0 Å². The van der Waals surface area contributed by atoms with E-state index in [0.29, 0.717) is 31.5 Å². The molecule has 2 N–H and O–H groups in total. The molecule has 1 saturated carbocycles. The molecule has 4 aliphatic rings. The number of amides is 2. The topological polar surface area (TPSA) is 96.3 Å². The molecule has 2 aliphatic carbocycles. The maximum Gasteiger partial charge on any atom is 0.455 e. The number of carbonyl (C=O) groups is 2. The molecule has 0 unspecified atom stereocenters. The monoisotopic (exact) mass is 611 g/mol. The van der Waals surface area contributed by atoms with Gasteiger partial charge in [0.2, 0.25) is 11.8 Å². The minimum absolute atomic E-state index is 0.0122. The van der Waals surface area contributed by atoms with Gasteiger partial charge in [0.25, 0.3) is 0 Å². The lowest BCUT2D eigenvalue weighted by Crippen LogP contribution is -2.47. The molecule has 2 aromatic rings. The minimum atomic E-state index is -0.998. The van der Waals surface area contributed by atoms with Crippen molar-refractivity contribution in [1.82, 2.24) is 4.90 Å². The van der Waals surface area contributed by atoms with Gasteiger partial charge in [0.15, 0.2) is 0 Å². The minimum Gasteiger partial charge on any atom is -0.507 e. The number of rotatable bonds is 9. The molecular formula is C37H46BNO6. The molecule has 6 rings (SSSR count). The summed E-state index contributed by atoms with van der Waals surface area (Å²) in [6, 6.07) is 13.7. The van der Waals surface area contributed by atoms with Crippen LogP contribution in [-0.4, -0.2) is 52.7 Å². The van der Waals surface area contributed by atoms with Crippen LogP contribution in [0.3, 0.4) is 0 Å². The third-order valence-corrected chi connectivity index (χ3v) is 10.5. The predicted molar refractivity (Wildman–Crippen MR) is 176 cm³/mol. The Morgan fingerprint density at radius 2 is 1.76 bits per heavy atom. The molecule has 0 aromatic heterocycles. The summed E-state index contributed by atoms with van der Waals surface area (Å²) in [5, 5.41) is 21.3. The number of phenolic OH excluding ortho intramolecular Hbond substituents is 1. The van der Waals surface area contributed by atoms with Crippen molar-refractivity contribution in [2.75, 3.05) is 6.61 Å². The van der Waals surface area contributed by atoms with Crippen LogP contribution in [0, 0.1) is 31.6 Å². The standard InChI is InChI=1S/C37H46BNO6/c1-4-25(19-26-17-23(2)35(40)24(3)18-26)15-16-32-33-27(22-44-29-13-9-6-10-14-29)20-30-34(31(33)21-38(43)45-32)37(42)39(36(30)41)28-11-7-5-8-12-28/h6,9-10,13-14,17-19,28,30-32,34,40,43H,4-5,7-8,11-12,15-16,20-22H2,1-3H3/b25-19+/t30-,31+,32-,34-/m1/s1. The van der Waals surface area contributed by atoms with E-state index in [1.54, 1.807) is 4.90 Å². The van der Waals surface area contributed by atoms with Crippen LogP contribution >= 0.6 is 0 Å². The molecule has 2 heterocycles. The lowest BCUT2D eigenvalue weighted by atomic mass is 9.58. The summed E-state index contributed by atoms with van der Waals surface area (Å²) in [4.78, 5) is 29.6. The van der Waals surface area contributed by atoms with Crippen molar-refractivity contribution in [2.45, 2.75) is 97.0 Å². The Bertz CT molecular complexity index is 1460. The number of nitrogens with zero attached hydrogens (tertiary/aromatic N) is 1. The molecule has 45 heavy (non-hydrogen) atoms. The van der Waals surface area contributed by atoms with Gasteiger partial charge in [0.1, 0.15) is 18.1 Å². The number of hydrogen-bond acceptors (Lipinski definition) is 6. The molecule has 3 fully saturated rings. The van der Waals surface area contributed by atoms with Crippen molar-refractivity contribution in [3.8, 4) is 11.5 Å². The van der Waals surface area contributed by atoms with Crippen molar-refractivity contribution in [1.29, 1.82) is 0 Å². The van der Waals surface area contributed by atoms with Crippen molar-refractivity contribution >= 4 is 25.0 Å². The second kappa shape index (κ2) is 13.6.